The van der Waals surface area contributed by atoms with E-state index in [0.29, 0.717) is 24.2 Å². The number of carboxylic acid groups (broad SMARTS) is 1. The molecule has 0 saturated heterocycles. The first-order valence-corrected chi connectivity index (χ1v) is 4.75. The van der Waals surface area contributed by atoms with Crippen molar-refractivity contribution in [3.8, 4) is 0 Å². The average Bonchev–Trinajstić information content (AvgIpc) is 2.41. The van der Waals surface area contributed by atoms with Crippen LogP contribution in [0.5, 0.6) is 0 Å². The van der Waals surface area contributed by atoms with Crippen molar-refractivity contribution in [1.29, 1.82) is 0 Å². The topological polar surface area (TPSA) is 67.5 Å². The maximum atomic E-state index is 10.9. The number of carbonyl (C=O) groups is 2. The molecule has 0 spiro atoms. The molecule has 15 heavy (non-hydrogen) atoms. The van der Waals surface area contributed by atoms with Crippen LogP contribution in [0.1, 0.15) is 40.8 Å². The van der Waals surface area contributed by atoms with Crippen LogP contribution in [0, 0.1) is 13.8 Å². The fourth-order valence-electron chi connectivity index (χ4n) is 1.45. The quantitative estimate of drug-likeness (QED) is 0.826. The van der Waals surface area contributed by atoms with Crippen LogP contribution < -0.4 is 0 Å². The molecule has 1 aromatic heterocycles. The summed E-state index contributed by atoms with van der Waals surface area (Å²) < 4.78 is 5.13. The highest BCUT2D eigenvalue weighted by Gasteiger charge is 2.19. The van der Waals surface area contributed by atoms with Crippen molar-refractivity contribution in [2.75, 3.05) is 0 Å². The first-order chi connectivity index (χ1) is 6.93. The molecule has 1 rings (SSSR count). The van der Waals surface area contributed by atoms with Gasteiger partial charge in [-0.1, -0.05) is 0 Å². The van der Waals surface area contributed by atoms with Gasteiger partial charge in [0.25, 0.3) is 0 Å². The molecule has 0 aliphatic rings. The Bertz CT molecular complexity index is 401. The zero-order valence-corrected chi connectivity index (χ0v) is 9.09. The monoisotopic (exact) mass is 210 g/mol. The summed E-state index contributed by atoms with van der Waals surface area (Å²) in [5, 5.41) is 8.89. The number of aryl methyl sites for hydroxylation is 1. The molecule has 0 fully saturated rings. The maximum absolute atomic E-state index is 10.9. The van der Waals surface area contributed by atoms with Gasteiger partial charge in [-0.25, -0.2) is 4.79 Å². The highest BCUT2D eigenvalue weighted by Crippen LogP contribution is 2.23. The molecule has 0 atom stereocenters. The van der Waals surface area contributed by atoms with Crippen LogP contribution in [0.25, 0.3) is 0 Å². The summed E-state index contributed by atoms with van der Waals surface area (Å²) in [7, 11) is 0. The largest absolute Gasteiger partial charge is 0.475 e. The van der Waals surface area contributed by atoms with Crippen molar-refractivity contribution < 1.29 is 19.1 Å². The van der Waals surface area contributed by atoms with Gasteiger partial charge in [-0.05, 0) is 32.8 Å². The Morgan fingerprint density at radius 1 is 1.33 bits per heavy atom. The predicted octanol–water partition coefficient (Wildman–Crippen LogP) is 2.12. The zero-order chi connectivity index (χ0) is 11.6. The Kier molecular flexibility index (Phi) is 3.29. The van der Waals surface area contributed by atoms with Crippen molar-refractivity contribution in [3.63, 3.8) is 0 Å². The normalized spacial score (nSPS) is 10.3. The molecule has 0 aliphatic carbocycles. The number of furan rings is 1. The fourth-order valence-corrected chi connectivity index (χ4v) is 1.45. The van der Waals surface area contributed by atoms with Gasteiger partial charge in [0.1, 0.15) is 11.5 Å². The Labute approximate surface area is 87.9 Å². The SMILES string of the molecule is CC(=O)CCc1c(C(=O)O)oc(C)c1C. The second-order valence-electron chi connectivity index (χ2n) is 3.60. The number of carbonyl (C=O) groups excluding carboxylic acids is 1. The molecule has 0 aromatic carbocycles. The van der Waals surface area contributed by atoms with Crippen molar-refractivity contribution in [3.05, 3.63) is 22.6 Å². The number of ketones is 1. The first-order valence-electron chi connectivity index (χ1n) is 4.75. The number of rotatable bonds is 4. The standard InChI is InChI=1S/C11H14O4/c1-6(12)4-5-9-7(2)8(3)15-10(9)11(13)14/h4-5H2,1-3H3,(H,13,14). The molecule has 82 valence electrons. The van der Waals surface area contributed by atoms with Gasteiger partial charge in [-0.15, -0.1) is 0 Å². The lowest BCUT2D eigenvalue weighted by Crippen LogP contribution is -2.02. The molecule has 1 heterocycles. The third-order valence-corrected chi connectivity index (χ3v) is 2.43. The van der Waals surface area contributed by atoms with Crippen LogP contribution in [0.3, 0.4) is 0 Å². The van der Waals surface area contributed by atoms with Gasteiger partial charge >= 0.3 is 5.97 Å². The van der Waals surface area contributed by atoms with Crippen LogP contribution in [0.2, 0.25) is 0 Å². The third-order valence-electron chi connectivity index (χ3n) is 2.43. The minimum absolute atomic E-state index is 0.0359. The second kappa shape index (κ2) is 4.29. The summed E-state index contributed by atoms with van der Waals surface area (Å²) in [6.45, 7) is 5.02. The lowest BCUT2D eigenvalue weighted by molar-refractivity contribution is -0.116. The third kappa shape index (κ3) is 2.46. The Hall–Kier alpha value is -1.58. The minimum atomic E-state index is -1.08. The zero-order valence-electron chi connectivity index (χ0n) is 9.09. The van der Waals surface area contributed by atoms with Crippen LogP contribution in [-0.4, -0.2) is 16.9 Å². The molecule has 4 heteroatoms. The van der Waals surface area contributed by atoms with Crippen LogP contribution in [-0.2, 0) is 11.2 Å². The van der Waals surface area contributed by atoms with Gasteiger partial charge in [0, 0.05) is 12.0 Å². The lowest BCUT2D eigenvalue weighted by atomic mass is 10.0. The molecule has 1 aromatic rings. The maximum Gasteiger partial charge on any atom is 0.372 e. The second-order valence-corrected chi connectivity index (χ2v) is 3.60. The highest BCUT2D eigenvalue weighted by molar-refractivity contribution is 5.87. The summed E-state index contributed by atoms with van der Waals surface area (Å²) in [5.41, 5.74) is 1.46. The summed E-state index contributed by atoms with van der Waals surface area (Å²) in [4.78, 5) is 21.7. The molecule has 1 N–H and O–H groups in total. The van der Waals surface area contributed by atoms with E-state index in [-0.39, 0.29) is 11.5 Å². The molecule has 4 nitrogen and oxygen atoms in total. The molecule has 0 bridgehead atoms. The van der Waals surface area contributed by atoms with E-state index < -0.39 is 5.97 Å². The van der Waals surface area contributed by atoms with Crippen molar-refractivity contribution >= 4 is 11.8 Å². The number of aromatic carboxylic acids is 1. The van der Waals surface area contributed by atoms with Gasteiger partial charge in [0.05, 0.1) is 0 Å². The van der Waals surface area contributed by atoms with E-state index in [4.69, 9.17) is 9.52 Å². The highest BCUT2D eigenvalue weighted by atomic mass is 16.4. The van der Waals surface area contributed by atoms with Crippen LogP contribution in [0.15, 0.2) is 4.42 Å². The predicted molar refractivity (Wildman–Crippen MR) is 54.1 cm³/mol. The average molecular weight is 210 g/mol. The number of carboxylic acids is 1. The van der Waals surface area contributed by atoms with Crippen molar-refractivity contribution in [1.82, 2.24) is 0 Å². The minimum Gasteiger partial charge on any atom is -0.475 e. The first kappa shape index (κ1) is 11.5. The summed E-state index contributed by atoms with van der Waals surface area (Å²) in [5.74, 6) is -0.466. The Morgan fingerprint density at radius 3 is 2.40 bits per heavy atom. The lowest BCUT2D eigenvalue weighted by Gasteiger charge is -1.98. The molecule has 0 amide bonds. The fraction of sp³-hybridized carbons (Fsp3) is 0.455. The molecular formula is C11H14O4. The van der Waals surface area contributed by atoms with Crippen molar-refractivity contribution in [2.24, 2.45) is 0 Å². The molecular weight excluding hydrogens is 196 g/mol. The molecule has 0 saturated carbocycles. The van der Waals surface area contributed by atoms with E-state index in [0.717, 1.165) is 5.56 Å². The number of hydrogen-bond donors (Lipinski definition) is 1. The van der Waals surface area contributed by atoms with E-state index in [2.05, 4.69) is 0 Å². The molecule has 0 radical (unpaired) electrons. The van der Waals surface area contributed by atoms with Gasteiger partial charge in [-0.3, -0.25) is 0 Å². The summed E-state index contributed by atoms with van der Waals surface area (Å²) >= 11 is 0. The number of Topliss-reactive ketones (excluding diaryl/α,β-unsaturated/α-hetero) is 1. The summed E-state index contributed by atoms with van der Waals surface area (Å²) in [6.07, 6.45) is 0.778. The van der Waals surface area contributed by atoms with Crippen LogP contribution in [0.4, 0.5) is 0 Å². The van der Waals surface area contributed by atoms with E-state index in [1.54, 1.807) is 13.8 Å². The van der Waals surface area contributed by atoms with Crippen LogP contribution >= 0.6 is 0 Å². The van der Waals surface area contributed by atoms with E-state index >= 15 is 0 Å². The Balaban J connectivity index is 3.02. The molecule has 0 aliphatic heterocycles. The van der Waals surface area contributed by atoms with E-state index in [1.807, 2.05) is 0 Å². The molecule has 0 unspecified atom stereocenters. The smallest absolute Gasteiger partial charge is 0.372 e. The van der Waals surface area contributed by atoms with Gasteiger partial charge in [0.2, 0.25) is 5.76 Å². The van der Waals surface area contributed by atoms with Crippen molar-refractivity contribution in [2.45, 2.75) is 33.6 Å². The number of hydrogen-bond acceptors (Lipinski definition) is 3. The van der Waals surface area contributed by atoms with E-state index in [1.165, 1.54) is 6.92 Å². The van der Waals surface area contributed by atoms with Gasteiger partial charge in [-0.2, -0.15) is 0 Å². The Morgan fingerprint density at radius 2 is 1.93 bits per heavy atom. The van der Waals surface area contributed by atoms with Gasteiger partial charge in [0.15, 0.2) is 0 Å². The summed E-state index contributed by atoms with van der Waals surface area (Å²) in [6, 6.07) is 0. The van der Waals surface area contributed by atoms with Gasteiger partial charge < -0.3 is 14.3 Å². The van der Waals surface area contributed by atoms with E-state index in [9.17, 15) is 9.59 Å².